The lowest BCUT2D eigenvalue weighted by Gasteiger charge is -2.39. The summed E-state index contributed by atoms with van der Waals surface area (Å²) in [6, 6.07) is 11.7. The number of hydrogen-bond acceptors (Lipinski definition) is 4. The third kappa shape index (κ3) is 5.95. The number of rotatable bonds is 10. The fourth-order valence-corrected chi connectivity index (χ4v) is 5.36. The Kier molecular flexibility index (Phi) is 8.42. The van der Waals surface area contributed by atoms with Crippen molar-refractivity contribution in [2.75, 3.05) is 26.7 Å². The molecule has 1 unspecified atom stereocenters. The Labute approximate surface area is 215 Å². The average Bonchev–Trinajstić information content (AvgIpc) is 2.88. The molecule has 0 saturated carbocycles. The van der Waals surface area contributed by atoms with Crippen LogP contribution in [0.15, 0.2) is 48.7 Å². The molecule has 1 aromatic heterocycles. The van der Waals surface area contributed by atoms with Gasteiger partial charge in [0.2, 0.25) is 0 Å². The van der Waals surface area contributed by atoms with Crippen LogP contribution in [-0.2, 0) is 11.2 Å². The molecule has 36 heavy (non-hydrogen) atoms. The molecule has 2 aromatic carbocycles. The first-order chi connectivity index (χ1) is 17.3. The van der Waals surface area contributed by atoms with Crippen LogP contribution in [0.25, 0.3) is 10.9 Å². The lowest BCUT2D eigenvalue weighted by Crippen LogP contribution is -2.44. The Morgan fingerprint density at radius 2 is 1.94 bits per heavy atom. The number of aromatic nitrogens is 1. The molecule has 1 aliphatic heterocycles. The standard InChI is InChI=1S/C28H31ClF2N2O3/c1-36-21-8-9-25-22(17-21)26(23(29)18-32-25)24(31)10-11-28(27(34)35)12-15-33(16-13-28)14-2-3-19-4-6-20(30)7-5-19/h4-9,17-18,24H,2-3,10-16H2,1H3,(H,34,35). The molecular formula is C28H31ClF2N2O3. The summed E-state index contributed by atoms with van der Waals surface area (Å²) in [5.74, 6) is -0.531. The number of aryl methyl sites for hydroxylation is 1. The summed E-state index contributed by atoms with van der Waals surface area (Å²) in [4.78, 5) is 18.8. The number of methoxy groups -OCH3 is 1. The van der Waals surface area contributed by atoms with Gasteiger partial charge in [0.1, 0.15) is 17.7 Å². The van der Waals surface area contributed by atoms with E-state index in [9.17, 15) is 14.3 Å². The highest BCUT2D eigenvalue weighted by molar-refractivity contribution is 6.32. The highest BCUT2D eigenvalue weighted by Crippen LogP contribution is 2.42. The smallest absolute Gasteiger partial charge is 0.309 e. The minimum Gasteiger partial charge on any atom is -0.497 e. The number of benzene rings is 2. The number of piperidine rings is 1. The summed E-state index contributed by atoms with van der Waals surface area (Å²) < 4.78 is 33.9. The van der Waals surface area contributed by atoms with Crippen molar-refractivity contribution in [2.24, 2.45) is 5.41 Å². The second kappa shape index (κ2) is 11.5. The van der Waals surface area contributed by atoms with Gasteiger partial charge in [-0.15, -0.1) is 0 Å². The van der Waals surface area contributed by atoms with Crippen LogP contribution >= 0.6 is 11.6 Å². The second-order valence-corrected chi connectivity index (χ2v) is 9.97. The summed E-state index contributed by atoms with van der Waals surface area (Å²) in [6.07, 6.45) is 3.03. The summed E-state index contributed by atoms with van der Waals surface area (Å²) in [5.41, 5.74) is 1.08. The van der Waals surface area contributed by atoms with E-state index in [1.165, 1.54) is 25.4 Å². The summed E-state index contributed by atoms with van der Waals surface area (Å²) in [6.45, 7) is 2.16. The molecule has 0 spiro atoms. The minimum atomic E-state index is -1.42. The van der Waals surface area contributed by atoms with Gasteiger partial charge in [0.25, 0.3) is 0 Å². The summed E-state index contributed by atoms with van der Waals surface area (Å²) in [7, 11) is 1.54. The van der Waals surface area contributed by atoms with Crippen molar-refractivity contribution in [2.45, 2.75) is 44.7 Å². The predicted octanol–water partition coefficient (Wildman–Crippen LogP) is 6.63. The molecule has 3 aromatic rings. The zero-order valence-corrected chi connectivity index (χ0v) is 21.1. The number of fused-ring (bicyclic) bond motifs is 1. The van der Waals surface area contributed by atoms with Gasteiger partial charge in [0.05, 0.1) is 23.1 Å². The first kappa shape index (κ1) is 26.3. The third-order valence-electron chi connectivity index (χ3n) is 7.38. The molecule has 5 nitrogen and oxygen atoms in total. The molecule has 192 valence electrons. The van der Waals surface area contributed by atoms with Gasteiger partial charge >= 0.3 is 5.97 Å². The minimum absolute atomic E-state index is 0.0624. The van der Waals surface area contributed by atoms with Gasteiger partial charge in [0.15, 0.2) is 0 Å². The molecule has 4 rings (SSSR count). The Bertz CT molecular complexity index is 1200. The molecule has 8 heteroatoms. The fraction of sp³-hybridized carbons (Fsp3) is 0.429. The number of alkyl halides is 1. The van der Waals surface area contributed by atoms with E-state index in [0.717, 1.165) is 24.9 Å². The predicted molar refractivity (Wildman–Crippen MR) is 137 cm³/mol. The van der Waals surface area contributed by atoms with E-state index in [4.69, 9.17) is 16.3 Å². The van der Waals surface area contributed by atoms with Gasteiger partial charge < -0.3 is 14.7 Å². The van der Waals surface area contributed by atoms with E-state index in [1.54, 1.807) is 30.3 Å². The van der Waals surface area contributed by atoms with Crippen LogP contribution in [0.1, 0.15) is 49.4 Å². The van der Waals surface area contributed by atoms with E-state index in [0.29, 0.717) is 48.1 Å². The maximum absolute atomic E-state index is 15.6. The van der Waals surface area contributed by atoms with Gasteiger partial charge in [-0.25, -0.2) is 8.78 Å². The van der Waals surface area contributed by atoms with Crippen molar-refractivity contribution in [3.8, 4) is 5.75 Å². The molecule has 0 radical (unpaired) electrons. The van der Waals surface area contributed by atoms with Gasteiger partial charge in [0, 0.05) is 17.1 Å². The normalized spacial score (nSPS) is 16.7. The molecule has 2 heterocycles. The zero-order valence-electron chi connectivity index (χ0n) is 20.4. The van der Waals surface area contributed by atoms with Crippen LogP contribution < -0.4 is 4.74 Å². The van der Waals surface area contributed by atoms with Crippen molar-refractivity contribution in [3.05, 3.63) is 70.6 Å². The van der Waals surface area contributed by atoms with Gasteiger partial charge in [-0.05, 0) is 94.1 Å². The lowest BCUT2D eigenvalue weighted by atomic mass is 9.74. The highest BCUT2D eigenvalue weighted by Gasteiger charge is 2.41. The molecule has 1 fully saturated rings. The van der Waals surface area contributed by atoms with Gasteiger partial charge in [-0.3, -0.25) is 9.78 Å². The molecule has 1 saturated heterocycles. The average molecular weight is 517 g/mol. The van der Waals surface area contributed by atoms with E-state index < -0.39 is 17.6 Å². The highest BCUT2D eigenvalue weighted by atomic mass is 35.5. The number of nitrogens with zero attached hydrogens (tertiary/aromatic N) is 2. The number of carboxylic acids is 1. The number of hydrogen-bond donors (Lipinski definition) is 1. The van der Waals surface area contributed by atoms with Crippen molar-refractivity contribution < 1.29 is 23.4 Å². The largest absolute Gasteiger partial charge is 0.497 e. The number of ether oxygens (including phenoxy) is 1. The van der Waals surface area contributed by atoms with Gasteiger partial charge in [-0.1, -0.05) is 23.7 Å². The Morgan fingerprint density at radius 1 is 1.22 bits per heavy atom. The van der Waals surface area contributed by atoms with Crippen molar-refractivity contribution in [1.82, 2.24) is 9.88 Å². The van der Waals surface area contributed by atoms with Crippen molar-refractivity contribution >= 4 is 28.5 Å². The van der Waals surface area contributed by atoms with Crippen molar-refractivity contribution in [3.63, 3.8) is 0 Å². The zero-order chi connectivity index (χ0) is 25.7. The maximum atomic E-state index is 15.6. The first-order valence-electron chi connectivity index (χ1n) is 12.3. The van der Waals surface area contributed by atoms with Crippen LogP contribution in [0.3, 0.4) is 0 Å². The molecule has 0 aliphatic carbocycles. The van der Waals surface area contributed by atoms with Crippen molar-refractivity contribution in [1.29, 1.82) is 0 Å². The topological polar surface area (TPSA) is 62.7 Å². The lowest BCUT2D eigenvalue weighted by molar-refractivity contribution is -0.153. The number of carbonyl (C=O) groups is 1. The van der Waals surface area contributed by atoms with E-state index in [1.807, 2.05) is 0 Å². The fourth-order valence-electron chi connectivity index (χ4n) is 5.09. The summed E-state index contributed by atoms with van der Waals surface area (Å²) in [5, 5.41) is 10.9. The third-order valence-corrected chi connectivity index (χ3v) is 7.68. The van der Waals surface area contributed by atoms with Crippen LogP contribution in [0.5, 0.6) is 5.75 Å². The number of halogens is 3. The van der Waals surface area contributed by atoms with Crippen LogP contribution in [0.2, 0.25) is 5.02 Å². The molecule has 0 amide bonds. The number of likely N-dealkylation sites (tertiary alicyclic amines) is 1. The second-order valence-electron chi connectivity index (χ2n) is 9.57. The van der Waals surface area contributed by atoms with E-state index in [2.05, 4.69) is 9.88 Å². The first-order valence-corrected chi connectivity index (χ1v) is 12.7. The maximum Gasteiger partial charge on any atom is 0.309 e. The Morgan fingerprint density at radius 3 is 2.61 bits per heavy atom. The number of pyridine rings is 1. The Balaban J connectivity index is 1.37. The molecule has 1 N–H and O–H groups in total. The monoisotopic (exact) mass is 516 g/mol. The van der Waals surface area contributed by atoms with E-state index in [-0.39, 0.29) is 23.7 Å². The van der Waals surface area contributed by atoms with Crippen LogP contribution in [0, 0.1) is 11.2 Å². The summed E-state index contributed by atoms with van der Waals surface area (Å²) >= 11 is 6.35. The van der Waals surface area contributed by atoms with Gasteiger partial charge in [-0.2, -0.15) is 0 Å². The van der Waals surface area contributed by atoms with Crippen LogP contribution in [0.4, 0.5) is 8.78 Å². The molecule has 1 aliphatic rings. The van der Waals surface area contributed by atoms with Crippen LogP contribution in [-0.4, -0.2) is 47.7 Å². The number of aliphatic carboxylic acids is 1. The quantitative estimate of drug-likeness (QED) is 0.328. The SMILES string of the molecule is COc1ccc2ncc(Cl)c(C(F)CCC3(C(=O)O)CCN(CCCc4ccc(F)cc4)CC3)c2c1. The molecular weight excluding hydrogens is 486 g/mol. The Hall–Kier alpha value is -2.77. The molecule has 1 atom stereocenters. The molecule has 0 bridgehead atoms. The van der Waals surface area contributed by atoms with E-state index >= 15 is 4.39 Å². The number of carboxylic acid groups (broad SMARTS) is 1.